The molecule has 7 nitrogen and oxygen atoms in total. The Morgan fingerprint density at radius 1 is 1.03 bits per heavy atom. The highest BCUT2D eigenvalue weighted by Crippen LogP contribution is 2.38. The van der Waals surface area contributed by atoms with Crippen molar-refractivity contribution in [3.8, 4) is 0 Å². The Morgan fingerprint density at radius 3 is 2.32 bits per heavy atom. The van der Waals surface area contributed by atoms with Gasteiger partial charge in [-0.05, 0) is 24.1 Å². The molecule has 1 atom stereocenters. The van der Waals surface area contributed by atoms with Crippen molar-refractivity contribution in [1.82, 2.24) is 9.80 Å². The van der Waals surface area contributed by atoms with E-state index < -0.39 is 17.7 Å². The highest BCUT2D eigenvalue weighted by molar-refractivity contribution is 5.98. The average molecular weight is 421 g/mol. The van der Waals surface area contributed by atoms with Crippen molar-refractivity contribution in [1.29, 1.82) is 0 Å². The molecule has 2 aromatic rings. The highest BCUT2D eigenvalue weighted by atomic mass is 16.5. The van der Waals surface area contributed by atoms with Crippen molar-refractivity contribution in [2.75, 3.05) is 19.7 Å². The molecule has 162 valence electrons. The molecule has 2 saturated heterocycles. The van der Waals surface area contributed by atoms with E-state index in [9.17, 15) is 19.5 Å². The quantitative estimate of drug-likeness (QED) is 0.739. The second kappa shape index (κ2) is 8.51. The van der Waals surface area contributed by atoms with E-state index in [-0.39, 0.29) is 18.4 Å². The van der Waals surface area contributed by atoms with Gasteiger partial charge in [-0.15, -0.1) is 0 Å². The minimum Gasteiger partial charge on any atom is -0.548 e. The number of hydrogen-bond donors (Lipinski definition) is 0. The lowest BCUT2D eigenvalue weighted by Gasteiger charge is -2.45. The molecule has 0 bridgehead atoms. The van der Waals surface area contributed by atoms with Crippen molar-refractivity contribution in [3.63, 3.8) is 0 Å². The van der Waals surface area contributed by atoms with Crippen LogP contribution in [0.25, 0.3) is 0 Å². The van der Waals surface area contributed by atoms with Gasteiger partial charge in [0.15, 0.2) is 0 Å². The molecule has 4 rings (SSSR count). The molecule has 31 heavy (non-hydrogen) atoms. The van der Waals surface area contributed by atoms with Crippen LogP contribution >= 0.6 is 0 Å². The summed E-state index contributed by atoms with van der Waals surface area (Å²) in [7, 11) is 0. The highest BCUT2D eigenvalue weighted by Gasteiger charge is 2.52. The van der Waals surface area contributed by atoms with E-state index in [0.29, 0.717) is 37.9 Å². The van der Waals surface area contributed by atoms with Crippen molar-refractivity contribution < 1.29 is 24.2 Å². The summed E-state index contributed by atoms with van der Waals surface area (Å²) in [5.74, 6) is -1.71. The van der Waals surface area contributed by atoms with Crippen LogP contribution in [0.4, 0.5) is 0 Å². The summed E-state index contributed by atoms with van der Waals surface area (Å²) in [5.41, 5.74) is 1.11. The number of aliphatic carboxylic acids is 1. The zero-order chi connectivity index (χ0) is 22.0. The number of likely N-dealkylation sites (tertiary alicyclic amines) is 1. The summed E-state index contributed by atoms with van der Waals surface area (Å²) in [6.07, 6.45) is 1.02. The molecule has 0 unspecified atom stereocenters. The summed E-state index contributed by atoms with van der Waals surface area (Å²) >= 11 is 0. The summed E-state index contributed by atoms with van der Waals surface area (Å²) < 4.78 is 5.94. The number of nitrogens with zero attached hydrogens (tertiary/aromatic N) is 2. The van der Waals surface area contributed by atoms with Gasteiger partial charge in [-0.25, -0.2) is 0 Å². The van der Waals surface area contributed by atoms with Crippen molar-refractivity contribution in [2.45, 2.75) is 38.0 Å². The second-order valence-electron chi connectivity index (χ2n) is 8.13. The van der Waals surface area contributed by atoms with Gasteiger partial charge in [-0.3, -0.25) is 14.5 Å². The van der Waals surface area contributed by atoms with Crippen molar-refractivity contribution in [2.24, 2.45) is 0 Å². The van der Waals surface area contributed by atoms with E-state index in [1.54, 1.807) is 17.0 Å². The number of carbonyl (C=O) groups is 3. The first-order valence-corrected chi connectivity index (χ1v) is 10.5. The van der Waals surface area contributed by atoms with E-state index in [0.717, 1.165) is 11.1 Å². The molecular formula is C24H25N2O5-. The molecule has 7 heteroatoms. The maximum atomic E-state index is 13.4. The molecule has 0 aromatic heterocycles. The number of amides is 2. The van der Waals surface area contributed by atoms with Gasteiger partial charge in [0, 0.05) is 31.5 Å². The lowest BCUT2D eigenvalue weighted by atomic mass is 9.95. The van der Waals surface area contributed by atoms with Crippen LogP contribution in [0.3, 0.4) is 0 Å². The van der Waals surface area contributed by atoms with Gasteiger partial charge in [0.2, 0.25) is 5.91 Å². The molecular weight excluding hydrogens is 396 g/mol. The monoisotopic (exact) mass is 421 g/mol. The molecule has 0 aliphatic carbocycles. The van der Waals surface area contributed by atoms with E-state index in [2.05, 4.69) is 0 Å². The molecule has 2 aliphatic rings. The summed E-state index contributed by atoms with van der Waals surface area (Å²) in [4.78, 5) is 41.0. The fourth-order valence-corrected chi connectivity index (χ4v) is 4.48. The van der Waals surface area contributed by atoms with Crippen LogP contribution in [-0.2, 0) is 20.7 Å². The lowest BCUT2D eigenvalue weighted by Crippen LogP contribution is -2.60. The summed E-state index contributed by atoms with van der Waals surface area (Å²) in [6.45, 7) is 2.49. The zero-order valence-corrected chi connectivity index (χ0v) is 17.5. The number of piperidine rings is 1. The molecule has 0 radical (unpaired) electrons. The molecule has 0 N–H and O–H groups in total. The number of carbonyl (C=O) groups excluding carboxylic acids is 3. The third-order valence-electron chi connectivity index (χ3n) is 6.22. The molecule has 2 aliphatic heterocycles. The molecule has 0 saturated carbocycles. The molecule has 2 amide bonds. The van der Waals surface area contributed by atoms with Gasteiger partial charge in [-0.1, -0.05) is 48.5 Å². The van der Waals surface area contributed by atoms with Crippen LogP contribution < -0.4 is 5.11 Å². The predicted octanol–water partition coefficient (Wildman–Crippen LogP) is 1.15. The number of carboxylic acid groups (broad SMARTS) is 1. The van der Waals surface area contributed by atoms with Crippen LogP contribution in [0.2, 0.25) is 0 Å². The van der Waals surface area contributed by atoms with Crippen molar-refractivity contribution in [3.05, 3.63) is 71.3 Å². The number of benzene rings is 2. The maximum absolute atomic E-state index is 13.4. The fraction of sp³-hybridized carbons (Fsp3) is 0.375. The average Bonchev–Trinajstić information content (AvgIpc) is 3.13. The molecule has 1 spiro atoms. The van der Waals surface area contributed by atoms with Crippen LogP contribution in [0.1, 0.15) is 34.3 Å². The van der Waals surface area contributed by atoms with Crippen LogP contribution in [0.15, 0.2) is 54.6 Å². The van der Waals surface area contributed by atoms with E-state index in [4.69, 9.17) is 4.74 Å². The number of ether oxygens (including phenoxy) is 1. The Labute approximate surface area is 181 Å². The number of carboxylic acids is 1. The van der Waals surface area contributed by atoms with E-state index in [1.165, 1.54) is 4.90 Å². The first-order valence-electron chi connectivity index (χ1n) is 10.5. The summed E-state index contributed by atoms with van der Waals surface area (Å²) in [6, 6.07) is 15.5. The summed E-state index contributed by atoms with van der Waals surface area (Å²) in [5, 5.41) is 11.8. The number of aryl methyl sites for hydroxylation is 1. The Morgan fingerprint density at radius 2 is 1.68 bits per heavy atom. The lowest BCUT2D eigenvalue weighted by molar-refractivity contribution is -0.310. The minimum absolute atomic E-state index is 0.00674. The van der Waals surface area contributed by atoms with Gasteiger partial charge in [0.25, 0.3) is 5.91 Å². The molecule has 2 aromatic carbocycles. The van der Waals surface area contributed by atoms with Crippen LogP contribution in [-0.4, -0.2) is 59.0 Å². The van der Waals surface area contributed by atoms with Gasteiger partial charge in [0.05, 0.1) is 25.0 Å². The normalized spacial score (nSPS) is 20.1. The largest absolute Gasteiger partial charge is 0.548 e. The predicted molar refractivity (Wildman–Crippen MR) is 111 cm³/mol. The Balaban J connectivity index is 1.52. The Bertz CT molecular complexity index is 982. The fourth-order valence-electron chi connectivity index (χ4n) is 4.48. The standard InChI is InChI=1S/C24H26N2O5/c1-17-7-5-6-10-19(17)22(28)26-20(23(29)30)16-31-24(26)11-13-25(14-12-24)21(27)15-18-8-3-2-4-9-18/h2-10,20H,11-16H2,1H3,(H,29,30)/p-1/t20-/m0/s1. The van der Waals surface area contributed by atoms with Gasteiger partial charge >= 0.3 is 0 Å². The smallest absolute Gasteiger partial charge is 0.257 e. The first-order chi connectivity index (χ1) is 14.9. The van der Waals surface area contributed by atoms with E-state index >= 15 is 0 Å². The third kappa shape index (κ3) is 4.05. The van der Waals surface area contributed by atoms with Gasteiger partial charge in [-0.2, -0.15) is 0 Å². The van der Waals surface area contributed by atoms with E-state index in [1.807, 2.05) is 49.4 Å². The topological polar surface area (TPSA) is 90.0 Å². The molecule has 2 fully saturated rings. The number of hydrogen-bond acceptors (Lipinski definition) is 5. The maximum Gasteiger partial charge on any atom is 0.257 e. The zero-order valence-electron chi connectivity index (χ0n) is 17.5. The second-order valence-corrected chi connectivity index (χ2v) is 8.13. The Kier molecular flexibility index (Phi) is 5.78. The van der Waals surface area contributed by atoms with Gasteiger partial charge < -0.3 is 19.5 Å². The third-order valence-corrected chi connectivity index (χ3v) is 6.22. The Hall–Kier alpha value is -3.19. The molecule has 2 heterocycles. The van der Waals surface area contributed by atoms with Crippen LogP contribution in [0.5, 0.6) is 0 Å². The first kappa shape index (κ1) is 21.1. The van der Waals surface area contributed by atoms with Crippen molar-refractivity contribution >= 4 is 17.8 Å². The van der Waals surface area contributed by atoms with Crippen LogP contribution in [0, 0.1) is 6.92 Å². The number of rotatable bonds is 4. The SMILES string of the molecule is Cc1ccccc1C(=O)N1[C@H](C(=O)[O-])COC12CCN(C(=O)Cc1ccccc1)CC2. The van der Waals surface area contributed by atoms with Gasteiger partial charge in [0.1, 0.15) is 5.72 Å². The minimum atomic E-state index is -1.33.